The number of likely N-dealkylation sites (N-methyl/N-ethyl adjacent to an activating group) is 2. The topological polar surface area (TPSA) is 23.6 Å². The number of likely N-dealkylation sites (tertiary alicyclic amines) is 1. The van der Waals surface area contributed by atoms with Crippen LogP contribution in [0.4, 0.5) is 0 Å². The summed E-state index contributed by atoms with van der Waals surface area (Å²) in [7, 11) is 4.04. The van der Waals surface area contributed by atoms with Crippen LogP contribution < -0.4 is 0 Å². The second-order valence-corrected chi connectivity index (χ2v) is 5.85. The average Bonchev–Trinajstić information content (AvgIpc) is 2.83. The van der Waals surface area contributed by atoms with Crippen molar-refractivity contribution in [2.75, 3.05) is 27.2 Å². The first-order valence-corrected chi connectivity index (χ1v) is 7.84. The van der Waals surface area contributed by atoms with Crippen molar-refractivity contribution in [1.29, 1.82) is 0 Å². The van der Waals surface area contributed by atoms with Crippen LogP contribution >= 0.6 is 15.9 Å². The maximum atomic E-state index is 12.3. The quantitative estimate of drug-likeness (QED) is 0.795. The van der Waals surface area contributed by atoms with E-state index in [9.17, 15) is 4.79 Å². The zero-order valence-corrected chi connectivity index (χ0v) is 13.2. The zero-order chi connectivity index (χ0) is 13.8. The number of carbonyl (C=O) groups excluding carboxylic acids is 1. The molecule has 19 heavy (non-hydrogen) atoms. The number of benzene rings is 1. The molecule has 1 fully saturated rings. The molecule has 1 amide bonds. The predicted molar refractivity (Wildman–Crippen MR) is 81.7 cm³/mol. The van der Waals surface area contributed by atoms with Gasteiger partial charge in [-0.2, -0.15) is 0 Å². The first-order valence-electron chi connectivity index (χ1n) is 6.72. The first-order chi connectivity index (χ1) is 9.11. The fourth-order valence-electron chi connectivity index (χ4n) is 2.57. The third-order valence-electron chi connectivity index (χ3n) is 3.86. The lowest BCUT2D eigenvalue weighted by Crippen LogP contribution is -2.39. The molecule has 0 N–H and O–H groups in total. The van der Waals surface area contributed by atoms with Crippen molar-refractivity contribution >= 4 is 21.8 Å². The summed E-state index contributed by atoms with van der Waals surface area (Å²) in [5.74, 6) is 0.112. The smallest absolute Gasteiger partial charge is 0.253 e. The summed E-state index contributed by atoms with van der Waals surface area (Å²) < 4.78 is 0. The lowest BCUT2D eigenvalue weighted by molar-refractivity contribution is 0.0761. The average molecular weight is 325 g/mol. The second-order valence-electron chi connectivity index (χ2n) is 5.29. The van der Waals surface area contributed by atoms with Crippen LogP contribution in [0.5, 0.6) is 0 Å². The van der Waals surface area contributed by atoms with Crippen LogP contribution in [0.3, 0.4) is 0 Å². The van der Waals surface area contributed by atoms with Gasteiger partial charge in [0.1, 0.15) is 0 Å². The standard InChI is InChI=1S/C15H21BrN2O/c1-17-9-3-4-14(17)11-18(2)15(19)13-7-5-12(10-16)6-8-13/h5-8,14H,3-4,9-11H2,1-2H3. The van der Waals surface area contributed by atoms with Gasteiger partial charge in [-0.15, -0.1) is 0 Å². The third kappa shape index (κ3) is 3.57. The fourth-order valence-corrected chi connectivity index (χ4v) is 2.94. The molecule has 104 valence electrons. The summed E-state index contributed by atoms with van der Waals surface area (Å²) in [6.07, 6.45) is 2.43. The molecule has 1 aromatic carbocycles. The Morgan fingerprint density at radius 1 is 1.42 bits per heavy atom. The molecule has 1 saturated heterocycles. The third-order valence-corrected chi connectivity index (χ3v) is 4.51. The molecule has 0 saturated carbocycles. The highest BCUT2D eigenvalue weighted by Crippen LogP contribution is 2.16. The monoisotopic (exact) mass is 324 g/mol. The van der Waals surface area contributed by atoms with Gasteiger partial charge in [-0.3, -0.25) is 4.79 Å². The van der Waals surface area contributed by atoms with Gasteiger partial charge in [0.25, 0.3) is 5.91 Å². The summed E-state index contributed by atoms with van der Waals surface area (Å²) in [5.41, 5.74) is 1.96. The lowest BCUT2D eigenvalue weighted by Gasteiger charge is -2.26. The lowest BCUT2D eigenvalue weighted by atomic mass is 10.1. The van der Waals surface area contributed by atoms with Gasteiger partial charge >= 0.3 is 0 Å². The second kappa shape index (κ2) is 6.53. The van der Waals surface area contributed by atoms with Crippen LogP contribution in [0.2, 0.25) is 0 Å². The van der Waals surface area contributed by atoms with Crippen molar-refractivity contribution in [3.8, 4) is 0 Å². The van der Waals surface area contributed by atoms with Gasteiger partial charge < -0.3 is 9.80 Å². The molecular formula is C15H21BrN2O. The molecule has 1 heterocycles. The molecule has 0 aromatic heterocycles. The zero-order valence-electron chi connectivity index (χ0n) is 11.6. The summed E-state index contributed by atoms with van der Waals surface area (Å²) in [6, 6.07) is 8.33. The van der Waals surface area contributed by atoms with Gasteiger partial charge in [0.05, 0.1) is 0 Å². The Kier molecular flexibility index (Phi) is 4.99. The summed E-state index contributed by atoms with van der Waals surface area (Å²) in [6.45, 7) is 1.96. The Labute approximate surface area is 123 Å². The molecule has 1 aliphatic heterocycles. The van der Waals surface area contributed by atoms with E-state index in [-0.39, 0.29) is 5.91 Å². The molecule has 0 spiro atoms. The first kappa shape index (κ1) is 14.5. The fraction of sp³-hybridized carbons (Fsp3) is 0.533. The number of alkyl halides is 1. The van der Waals surface area contributed by atoms with Gasteiger partial charge in [0.2, 0.25) is 0 Å². The van der Waals surface area contributed by atoms with Crippen LogP contribution in [0.25, 0.3) is 0 Å². The highest BCUT2D eigenvalue weighted by Gasteiger charge is 2.24. The molecule has 2 rings (SSSR count). The van der Waals surface area contributed by atoms with Crippen LogP contribution in [0.15, 0.2) is 24.3 Å². The minimum Gasteiger partial charge on any atom is -0.340 e. The van der Waals surface area contributed by atoms with E-state index in [0.717, 1.165) is 24.0 Å². The number of carbonyl (C=O) groups is 1. The van der Waals surface area contributed by atoms with Gasteiger partial charge in [-0.1, -0.05) is 28.1 Å². The van der Waals surface area contributed by atoms with E-state index in [0.29, 0.717) is 6.04 Å². The molecule has 1 unspecified atom stereocenters. The minimum absolute atomic E-state index is 0.112. The van der Waals surface area contributed by atoms with E-state index >= 15 is 0 Å². The van der Waals surface area contributed by atoms with Crippen molar-refractivity contribution < 1.29 is 4.79 Å². The van der Waals surface area contributed by atoms with E-state index in [1.54, 1.807) is 0 Å². The van der Waals surface area contributed by atoms with E-state index in [4.69, 9.17) is 0 Å². The normalized spacial score (nSPS) is 19.6. The van der Waals surface area contributed by atoms with Crippen molar-refractivity contribution in [3.05, 3.63) is 35.4 Å². The van der Waals surface area contributed by atoms with E-state index in [1.807, 2.05) is 36.2 Å². The van der Waals surface area contributed by atoms with Crippen molar-refractivity contribution in [3.63, 3.8) is 0 Å². The van der Waals surface area contributed by atoms with Crippen molar-refractivity contribution in [2.24, 2.45) is 0 Å². The van der Waals surface area contributed by atoms with Gasteiger partial charge in [-0.05, 0) is 44.1 Å². The summed E-state index contributed by atoms with van der Waals surface area (Å²) in [5, 5.41) is 0.824. The number of hydrogen-bond acceptors (Lipinski definition) is 2. The Morgan fingerprint density at radius 3 is 2.63 bits per heavy atom. The van der Waals surface area contributed by atoms with E-state index in [2.05, 4.69) is 27.9 Å². The highest BCUT2D eigenvalue weighted by molar-refractivity contribution is 9.08. The number of nitrogens with zero attached hydrogens (tertiary/aromatic N) is 2. The molecule has 3 nitrogen and oxygen atoms in total. The van der Waals surface area contributed by atoms with E-state index in [1.165, 1.54) is 18.4 Å². The number of halogens is 1. The van der Waals surface area contributed by atoms with E-state index < -0.39 is 0 Å². The Bertz CT molecular complexity index is 432. The molecule has 0 aliphatic carbocycles. The van der Waals surface area contributed by atoms with Gasteiger partial charge in [-0.25, -0.2) is 0 Å². The highest BCUT2D eigenvalue weighted by atomic mass is 79.9. The molecule has 0 radical (unpaired) electrons. The van der Waals surface area contributed by atoms with Crippen LogP contribution in [0.1, 0.15) is 28.8 Å². The van der Waals surface area contributed by atoms with Crippen LogP contribution in [0, 0.1) is 0 Å². The maximum Gasteiger partial charge on any atom is 0.253 e. The van der Waals surface area contributed by atoms with Gasteiger partial charge in [0.15, 0.2) is 0 Å². The Morgan fingerprint density at radius 2 is 2.11 bits per heavy atom. The molecular weight excluding hydrogens is 304 g/mol. The maximum absolute atomic E-state index is 12.3. The van der Waals surface area contributed by atoms with Crippen LogP contribution in [-0.4, -0.2) is 48.9 Å². The number of hydrogen-bond donors (Lipinski definition) is 0. The largest absolute Gasteiger partial charge is 0.340 e. The number of amides is 1. The minimum atomic E-state index is 0.112. The number of rotatable bonds is 4. The summed E-state index contributed by atoms with van der Waals surface area (Å²) in [4.78, 5) is 16.5. The molecule has 4 heteroatoms. The predicted octanol–water partition coefficient (Wildman–Crippen LogP) is 2.75. The Hall–Kier alpha value is -0.870. The van der Waals surface area contributed by atoms with Crippen molar-refractivity contribution in [2.45, 2.75) is 24.2 Å². The SMILES string of the molecule is CN(CC1CCCN1C)C(=O)c1ccc(CBr)cc1. The molecule has 0 bridgehead atoms. The molecule has 1 atom stereocenters. The molecule has 1 aliphatic rings. The van der Waals surface area contributed by atoms with Crippen molar-refractivity contribution in [1.82, 2.24) is 9.80 Å². The molecule has 1 aromatic rings. The Balaban J connectivity index is 1.97. The van der Waals surface area contributed by atoms with Crippen LogP contribution in [-0.2, 0) is 5.33 Å². The summed E-state index contributed by atoms with van der Waals surface area (Å²) >= 11 is 3.41. The van der Waals surface area contributed by atoms with Gasteiger partial charge in [0, 0.05) is 30.5 Å².